The Labute approximate surface area is 411 Å². The van der Waals surface area contributed by atoms with E-state index in [2.05, 4.69) is 67.3 Å². The number of pyridine rings is 1. The lowest BCUT2D eigenvalue weighted by Crippen LogP contribution is -2.58. The molecule has 2 aliphatic heterocycles. The van der Waals surface area contributed by atoms with E-state index in [0.29, 0.717) is 44.5 Å². The monoisotopic (exact) mass is 1000 g/mol. The standard InChI is InChI=1S/C48H68F3N11O9/c1-31(2)60(3)34-8-10-40(62-17-11-38(46(62)66)59-44-35-26-33(48(49,50)51)7-9-37(35)56-30-57-44)39(27-34)58-41(63)12-18-68-22-23-70-20-15-54-47(67)55-16-21-71-25-24-69-19-14-53-45(65)36-28-42(64)61(4)43(36)32-6-5-13-52-29-32/h5-7,9,13,26,29-31,34,36,38-40,43H,8,10-12,14-25,27-28H2,1-4H3,(H,53,65)(H,58,63)(H2,54,55,67)(H,56,57,59)/t34-,36+,38+,39-,40+,43-/m1/s1. The molecule has 1 aromatic carbocycles. The van der Waals surface area contributed by atoms with Crippen LogP contribution in [0.3, 0.4) is 0 Å². The van der Waals surface area contributed by atoms with Crippen LogP contribution in [-0.2, 0) is 44.3 Å². The van der Waals surface area contributed by atoms with Crippen LogP contribution in [0.5, 0.6) is 0 Å². The van der Waals surface area contributed by atoms with E-state index in [0.717, 1.165) is 24.1 Å². The Bertz CT molecular complexity index is 2230. The number of carbonyl (C=O) groups excluding carboxylic acids is 5. The Morgan fingerprint density at radius 3 is 2.20 bits per heavy atom. The molecule has 1 saturated carbocycles. The average Bonchev–Trinajstić information content (AvgIpc) is 3.86. The maximum Gasteiger partial charge on any atom is 0.416 e. The van der Waals surface area contributed by atoms with Crippen LogP contribution < -0.4 is 26.6 Å². The quantitative estimate of drug-likeness (QED) is 0.0729. The SMILES string of the molecule is CC(C)N(C)[C@@H]1CC[C@H](N2CC[C@H](Nc3ncnc4ccc(C(F)(F)F)cc34)C2=O)[C@H](NC(=O)CCOCCOCCNC(=O)NCCOCCOCCNC(=O)[C@H]2CC(=O)N(C)[C@@H]2c2cccnc2)C1. The van der Waals surface area contributed by atoms with Crippen molar-refractivity contribution in [2.75, 3.05) is 98.4 Å². The van der Waals surface area contributed by atoms with Crippen molar-refractivity contribution in [1.82, 2.24) is 50.9 Å². The number of anilines is 1. The fourth-order valence-corrected chi connectivity index (χ4v) is 9.24. The molecule has 0 bridgehead atoms. The number of fused-ring (bicyclic) bond motifs is 1. The molecule has 3 aromatic rings. The highest BCUT2D eigenvalue weighted by Gasteiger charge is 2.44. The molecule has 5 N–H and O–H groups in total. The van der Waals surface area contributed by atoms with Crippen molar-refractivity contribution in [3.05, 3.63) is 60.2 Å². The van der Waals surface area contributed by atoms with Crippen LogP contribution in [0, 0.1) is 5.92 Å². The summed E-state index contributed by atoms with van der Waals surface area (Å²) in [5.74, 6) is -1.07. The van der Waals surface area contributed by atoms with Gasteiger partial charge in [-0.25, -0.2) is 14.8 Å². The maximum atomic E-state index is 13.9. The number of hydrogen-bond acceptors (Lipinski definition) is 14. The number of ether oxygens (including phenoxy) is 4. The highest BCUT2D eigenvalue weighted by Crippen LogP contribution is 2.37. The summed E-state index contributed by atoms with van der Waals surface area (Å²) in [4.78, 5) is 82.6. The van der Waals surface area contributed by atoms with Gasteiger partial charge in [-0.2, -0.15) is 13.2 Å². The summed E-state index contributed by atoms with van der Waals surface area (Å²) in [6.07, 6.45) is 2.80. The molecule has 1 aliphatic carbocycles. The molecular formula is C48H68F3N11O9. The van der Waals surface area contributed by atoms with E-state index < -0.39 is 23.7 Å². The molecule has 390 valence electrons. The average molecular weight is 1000 g/mol. The first-order chi connectivity index (χ1) is 34.1. The molecule has 0 radical (unpaired) electrons. The van der Waals surface area contributed by atoms with Gasteiger partial charge in [-0.05, 0) is 76.4 Å². The van der Waals surface area contributed by atoms with Crippen molar-refractivity contribution < 1.29 is 56.1 Å². The topological polar surface area (TPSA) is 231 Å². The first-order valence-corrected chi connectivity index (χ1v) is 24.3. The van der Waals surface area contributed by atoms with Gasteiger partial charge in [0, 0.05) is 75.9 Å². The number of halogens is 3. The van der Waals surface area contributed by atoms with Gasteiger partial charge in [-0.1, -0.05) is 6.07 Å². The van der Waals surface area contributed by atoms with Crippen molar-refractivity contribution >= 4 is 46.4 Å². The minimum absolute atomic E-state index is 0.0927. The molecule has 6 atom stereocenters. The third-order valence-electron chi connectivity index (χ3n) is 13.2. The largest absolute Gasteiger partial charge is 0.416 e. The number of likely N-dealkylation sites (tertiary alicyclic amines) is 2. The summed E-state index contributed by atoms with van der Waals surface area (Å²) < 4.78 is 62.9. The molecule has 3 fully saturated rings. The van der Waals surface area contributed by atoms with Crippen LogP contribution in [0.2, 0.25) is 0 Å². The third-order valence-corrected chi connectivity index (χ3v) is 13.2. The minimum Gasteiger partial charge on any atom is -0.379 e. The fourth-order valence-electron chi connectivity index (χ4n) is 9.24. The highest BCUT2D eigenvalue weighted by atomic mass is 19.4. The lowest BCUT2D eigenvalue weighted by molar-refractivity contribution is -0.137. The molecule has 3 aliphatic rings. The van der Waals surface area contributed by atoms with Crippen molar-refractivity contribution in [3.63, 3.8) is 0 Å². The van der Waals surface area contributed by atoms with Gasteiger partial charge >= 0.3 is 12.2 Å². The Morgan fingerprint density at radius 2 is 1.55 bits per heavy atom. The van der Waals surface area contributed by atoms with E-state index in [4.69, 9.17) is 18.9 Å². The lowest BCUT2D eigenvalue weighted by Gasteiger charge is -2.44. The van der Waals surface area contributed by atoms with Crippen LogP contribution in [0.4, 0.5) is 23.8 Å². The van der Waals surface area contributed by atoms with Crippen LogP contribution in [-0.4, -0.2) is 183 Å². The molecule has 2 aromatic heterocycles. The summed E-state index contributed by atoms with van der Waals surface area (Å²) in [5, 5.41) is 14.7. The zero-order valence-electron chi connectivity index (χ0n) is 40.9. The van der Waals surface area contributed by atoms with E-state index in [9.17, 15) is 37.1 Å². The highest BCUT2D eigenvalue weighted by molar-refractivity contribution is 5.93. The zero-order valence-corrected chi connectivity index (χ0v) is 40.9. The molecule has 0 unspecified atom stereocenters. The number of benzene rings is 1. The van der Waals surface area contributed by atoms with E-state index >= 15 is 0 Å². The van der Waals surface area contributed by atoms with Gasteiger partial charge < -0.3 is 60.2 Å². The minimum atomic E-state index is -4.55. The normalized spacial score (nSPS) is 21.6. The first kappa shape index (κ1) is 54.6. The number of nitrogens with zero attached hydrogens (tertiary/aromatic N) is 6. The zero-order chi connectivity index (χ0) is 50.9. The molecule has 20 nitrogen and oxygen atoms in total. The molecule has 71 heavy (non-hydrogen) atoms. The molecule has 6 amide bonds. The Morgan fingerprint density at radius 1 is 0.873 bits per heavy atom. The van der Waals surface area contributed by atoms with Gasteiger partial charge in [-0.15, -0.1) is 0 Å². The molecule has 2 saturated heterocycles. The van der Waals surface area contributed by atoms with Crippen LogP contribution in [0.15, 0.2) is 49.1 Å². The van der Waals surface area contributed by atoms with Crippen molar-refractivity contribution in [1.29, 1.82) is 0 Å². The first-order valence-electron chi connectivity index (χ1n) is 24.3. The number of hydrogen-bond donors (Lipinski definition) is 5. The number of alkyl halides is 3. The van der Waals surface area contributed by atoms with Crippen LogP contribution in [0.25, 0.3) is 10.9 Å². The van der Waals surface area contributed by atoms with Gasteiger partial charge in [0.15, 0.2) is 0 Å². The van der Waals surface area contributed by atoms with Crippen molar-refractivity contribution in [2.24, 2.45) is 5.92 Å². The second-order valence-electron chi connectivity index (χ2n) is 18.2. The fraction of sp³-hybridized carbons (Fsp3) is 0.625. The predicted octanol–water partition coefficient (Wildman–Crippen LogP) is 2.89. The smallest absolute Gasteiger partial charge is 0.379 e. The summed E-state index contributed by atoms with van der Waals surface area (Å²) in [6.45, 7) is 7.54. The molecule has 6 rings (SSSR count). The molecule has 23 heteroatoms. The molecule has 4 heterocycles. The number of nitrogens with one attached hydrogen (secondary N) is 5. The summed E-state index contributed by atoms with van der Waals surface area (Å²) >= 11 is 0. The second kappa shape index (κ2) is 26.6. The summed E-state index contributed by atoms with van der Waals surface area (Å²) in [6, 6.07) is 5.30. The Kier molecular flexibility index (Phi) is 20.5. The maximum absolute atomic E-state index is 13.9. The lowest BCUT2D eigenvalue weighted by atomic mass is 9.84. The Hall–Kier alpha value is -5.75. The van der Waals surface area contributed by atoms with Gasteiger partial charge in [0.1, 0.15) is 18.2 Å². The van der Waals surface area contributed by atoms with E-state index in [1.165, 1.54) is 12.4 Å². The van der Waals surface area contributed by atoms with Gasteiger partial charge in [0.25, 0.3) is 0 Å². The predicted molar refractivity (Wildman–Crippen MR) is 255 cm³/mol. The summed E-state index contributed by atoms with van der Waals surface area (Å²) in [7, 11) is 3.75. The molecule has 0 spiro atoms. The Balaban J connectivity index is 0.798. The van der Waals surface area contributed by atoms with Gasteiger partial charge in [-0.3, -0.25) is 24.2 Å². The van der Waals surface area contributed by atoms with Crippen molar-refractivity contribution in [3.8, 4) is 0 Å². The second-order valence-corrected chi connectivity index (χ2v) is 18.2. The molecular weight excluding hydrogens is 932 g/mol. The number of urea groups is 1. The number of rotatable bonds is 26. The van der Waals surface area contributed by atoms with Crippen LogP contribution in [0.1, 0.15) is 69.5 Å². The van der Waals surface area contributed by atoms with E-state index in [-0.39, 0.29) is 143 Å². The van der Waals surface area contributed by atoms with Gasteiger partial charge in [0.05, 0.1) is 88.0 Å². The number of aromatic nitrogens is 3. The number of carbonyl (C=O) groups is 5. The van der Waals surface area contributed by atoms with Crippen molar-refractivity contribution in [2.45, 2.75) is 94.8 Å². The number of amides is 6. The van der Waals surface area contributed by atoms with E-state index in [1.807, 2.05) is 6.07 Å². The summed E-state index contributed by atoms with van der Waals surface area (Å²) in [5.41, 5.74) is 0.301. The van der Waals surface area contributed by atoms with Gasteiger partial charge in [0.2, 0.25) is 23.6 Å². The van der Waals surface area contributed by atoms with E-state index in [1.54, 1.807) is 35.3 Å². The van der Waals surface area contributed by atoms with Crippen LogP contribution >= 0.6 is 0 Å². The third kappa shape index (κ3) is 15.6.